The average molecular weight is 380 g/mol. The highest BCUT2D eigenvalue weighted by Gasteiger charge is 2.34. The normalized spacial score (nSPS) is 25.0. The van der Waals surface area contributed by atoms with Gasteiger partial charge in [-0.15, -0.1) is 10.2 Å². The van der Waals surface area contributed by atoms with Gasteiger partial charge in [-0.3, -0.25) is 4.79 Å². The lowest BCUT2D eigenvalue weighted by molar-refractivity contribution is -0.122. The predicted octanol–water partition coefficient (Wildman–Crippen LogP) is 2.63. The van der Waals surface area contributed by atoms with E-state index in [9.17, 15) is 4.79 Å². The molecule has 3 rings (SSSR count). The third-order valence-corrected chi connectivity index (χ3v) is 6.14. The van der Waals surface area contributed by atoms with E-state index < -0.39 is 0 Å². The van der Waals surface area contributed by atoms with Crippen LogP contribution in [0.2, 0.25) is 0 Å². The molecule has 1 aromatic rings. The van der Waals surface area contributed by atoms with Crippen LogP contribution in [0.1, 0.15) is 58.2 Å². The first kappa shape index (κ1) is 19.7. The zero-order valence-electron chi connectivity index (χ0n) is 16.3. The Bertz CT molecular complexity index is 591. The van der Waals surface area contributed by atoms with Crippen LogP contribution < -0.4 is 10.6 Å². The summed E-state index contributed by atoms with van der Waals surface area (Å²) >= 11 is 1.64. The number of aryl methyl sites for hydroxylation is 1. The number of hydrogen-bond acceptors (Lipinski definition) is 5. The van der Waals surface area contributed by atoms with E-state index in [4.69, 9.17) is 0 Å². The molecule has 0 aromatic carbocycles. The summed E-state index contributed by atoms with van der Waals surface area (Å²) in [7, 11) is 0. The SMILES string of the molecule is CSc1nnc(CCCNC(=O)CC2CC3CCC(C2)N3)n1CC(C)C. The van der Waals surface area contributed by atoms with Crippen molar-refractivity contribution in [3.05, 3.63) is 5.82 Å². The molecule has 146 valence electrons. The Kier molecular flexibility index (Phi) is 6.98. The standard InChI is InChI=1S/C19H33N5OS/c1-13(2)12-24-17(22-23-19(24)26-3)5-4-8-20-18(25)11-14-9-15-6-7-16(10-14)21-15/h13-16,21H,4-12H2,1-3H3,(H,20,25). The van der Waals surface area contributed by atoms with Crippen molar-refractivity contribution in [2.24, 2.45) is 11.8 Å². The largest absolute Gasteiger partial charge is 0.356 e. The van der Waals surface area contributed by atoms with Crippen LogP contribution in [0.5, 0.6) is 0 Å². The fourth-order valence-electron chi connectivity index (χ4n) is 4.35. The summed E-state index contributed by atoms with van der Waals surface area (Å²) in [6.45, 7) is 6.09. The van der Waals surface area contributed by atoms with E-state index in [-0.39, 0.29) is 5.91 Å². The van der Waals surface area contributed by atoms with E-state index in [0.717, 1.165) is 36.9 Å². The van der Waals surface area contributed by atoms with Crippen LogP contribution in [0.25, 0.3) is 0 Å². The number of carbonyl (C=O) groups is 1. The van der Waals surface area contributed by atoms with Crippen molar-refractivity contribution in [1.29, 1.82) is 0 Å². The van der Waals surface area contributed by atoms with Gasteiger partial charge in [0.1, 0.15) is 5.82 Å². The molecule has 2 aliphatic rings. The summed E-state index contributed by atoms with van der Waals surface area (Å²) < 4.78 is 2.22. The van der Waals surface area contributed by atoms with E-state index in [0.29, 0.717) is 30.3 Å². The quantitative estimate of drug-likeness (QED) is 0.510. The summed E-state index contributed by atoms with van der Waals surface area (Å²) in [5.74, 6) is 2.37. The maximum Gasteiger partial charge on any atom is 0.220 e. The number of amides is 1. The number of nitrogens with one attached hydrogen (secondary N) is 2. The second kappa shape index (κ2) is 9.22. The third-order valence-electron chi connectivity index (χ3n) is 5.47. The van der Waals surface area contributed by atoms with Gasteiger partial charge in [-0.1, -0.05) is 25.6 Å². The van der Waals surface area contributed by atoms with Crippen LogP contribution in [0.4, 0.5) is 0 Å². The lowest BCUT2D eigenvalue weighted by Gasteiger charge is -2.28. The number of hydrogen-bond donors (Lipinski definition) is 2. The van der Waals surface area contributed by atoms with Crippen LogP contribution in [0.3, 0.4) is 0 Å². The first-order chi connectivity index (χ1) is 12.5. The summed E-state index contributed by atoms with van der Waals surface area (Å²) in [5.41, 5.74) is 0. The topological polar surface area (TPSA) is 71.8 Å². The van der Waals surface area contributed by atoms with Gasteiger partial charge in [-0.2, -0.15) is 0 Å². The predicted molar refractivity (Wildman–Crippen MR) is 105 cm³/mol. The van der Waals surface area contributed by atoms with Gasteiger partial charge in [0.25, 0.3) is 0 Å². The summed E-state index contributed by atoms with van der Waals surface area (Å²) in [6, 6.07) is 1.31. The molecule has 26 heavy (non-hydrogen) atoms. The van der Waals surface area contributed by atoms with Gasteiger partial charge in [0.2, 0.25) is 5.91 Å². The molecule has 7 heteroatoms. The van der Waals surface area contributed by atoms with Crippen molar-refractivity contribution in [2.75, 3.05) is 12.8 Å². The van der Waals surface area contributed by atoms with Crippen LogP contribution in [0.15, 0.2) is 5.16 Å². The summed E-state index contributed by atoms with van der Waals surface area (Å²) in [4.78, 5) is 12.3. The Balaban J connectivity index is 1.38. The number of carbonyl (C=O) groups excluding carboxylic acids is 1. The molecule has 0 saturated carbocycles. The third kappa shape index (κ3) is 5.22. The number of thioether (sulfide) groups is 1. The molecule has 0 radical (unpaired) electrons. The van der Waals surface area contributed by atoms with Crippen molar-refractivity contribution in [3.8, 4) is 0 Å². The van der Waals surface area contributed by atoms with Crippen molar-refractivity contribution in [2.45, 2.75) is 82.6 Å². The molecule has 2 bridgehead atoms. The first-order valence-corrected chi connectivity index (χ1v) is 11.3. The van der Waals surface area contributed by atoms with Crippen molar-refractivity contribution in [1.82, 2.24) is 25.4 Å². The monoisotopic (exact) mass is 379 g/mol. The Hall–Kier alpha value is -1.08. The molecule has 2 N–H and O–H groups in total. The number of aromatic nitrogens is 3. The maximum absolute atomic E-state index is 12.3. The molecule has 2 unspecified atom stereocenters. The highest BCUT2D eigenvalue weighted by molar-refractivity contribution is 7.98. The minimum absolute atomic E-state index is 0.213. The maximum atomic E-state index is 12.3. The van der Waals surface area contributed by atoms with Gasteiger partial charge < -0.3 is 15.2 Å². The van der Waals surface area contributed by atoms with Gasteiger partial charge in [-0.05, 0) is 50.2 Å². The molecule has 2 fully saturated rings. The Morgan fingerprint density at radius 2 is 2.04 bits per heavy atom. The highest BCUT2D eigenvalue weighted by atomic mass is 32.2. The number of fused-ring (bicyclic) bond motifs is 2. The molecular weight excluding hydrogens is 346 g/mol. The second-order valence-corrected chi connectivity index (χ2v) is 9.01. The molecule has 1 amide bonds. The van der Waals surface area contributed by atoms with E-state index in [2.05, 4.69) is 39.2 Å². The lowest BCUT2D eigenvalue weighted by Crippen LogP contribution is -2.39. The zero-order valence-corrected chi connectivity index (χ0v) is 17.1. The zero-order chi connectivity index (χ0) is 18.5. The van der Waals surface area contributed by atoms with Crippen LogP contribution in [-0.4, -0.2) is 45.6 Å². The van der Waals surface area contributed by atoms with Gasteiger partial charge in [0, 0.05) is 38.0 Å². The molecule has 3 heterocycles. The molecular formula is C19H33N5OS. The molecule has 2 aliphatic heterocycles. The Morgan fingerprint density at radius 3 is 2.69 bits per heavy atom. The van der Waals surface area contributed by atoms with Gasteiger partial charge >= 0.3 is 0 Å². The fourth-order valence-corrected chi connectivity index (χ4v) is 4.88. The minimum Gasteiger partial charge on any atom is -0.356 e. The first-order valence-electron chi connectivity index (χ1n) is 10.0. The van der Waals surface area contributed by atoms with E-state index in [1.54, 1.807) is 11.8 Å². The second-order valence-electron chi connectivity index (χ2n) is 8.24. The smallest absolute Gasteiger partial charge is 0.220 e. The van der Waals surface area contributed by atoms with Crippen molar-refractivity contribution >= 4 is 17.7 Å². The fraction of sp³-hybridized carbons (Fsp3) is 0.842. The van der Waals surface area contributed by atoms with E-state index >= 15 is 0 Å². The number of piperidine rings is 1. The lowest BCUT2D eigenvalue weighted by atomic mass is 9.89. The molecule has 2 atom stereocenters. The van der Waals surface area contributed by atoms with Gasteiger partial charge in [-0.25, -0.2) is 0 Å². The number of nitrogens with zero attached hydrogens (tertiary/aromatic N) is 3. The van der Waals surface area contributed by atoms with Crippen LogP contribution >= 0.6 is 11.8 Å². The molecule has 0 spiro atoms. The summed E-state index contributed by atoms with van der Waals surface area (Å²) in [5, 5.41) is 16.4. The molecule has 1 aromatic heterocycles. The minimum atomic E-state index is 0.213. The van der Waals surface area contributed by atoms with Crippen LogP contribution in [0, 0.1) is 11.8 Å². The Morgan fingerprint density at radius 1 is 1.31 bits per heavy atom. The molecule has 2 saturated heterocycles. The summed E-state index contributed by atoms with van der Waals surface area (Å²) in [6.07, 6.45) is 9.41. The van der Waals surface area contributed by atoms with Crippen molar-refractivity contribution in [3.63, 3.8) is 0 Å². The van der Waals surface area contributed by atoms with E-state index in [1.165, 1.54) is 25.7 Å². The van der Waals surface area contributed by atoms with Crippen LogP contribution in [-0.2, 0) is 17.8 Å². The highest BCUT2D eigenvalue weighted by Crippen LogP contribution is 2.32. The molecule has 6 nitrogen and oxygen atoms in total. The van der Waals surface area contributed by atoms with Gasteiger partial charge in [0.15, 0.2) is 5.16 Å². The average Bonchev–Trinajstić information content (AvgIpc) is 3.13. The van der Waals surface area contributed by atoms with E-state index in [1.807, 2.05) is 6.26 Å². The van der Waals surface area contributed by atoms with Gasteiger partial charge in [0.05, 0.1) is 0 Å². The number of rotatable bonds is 9. The van der Waals surface area contributed by atoms with Crippen molar-refractivity contribution < 1.29 is 4.79 Å². The molecule has 0 aliphatic carbocycles. The Labute approximate surface area is 161 Å².